The number of rotatable bonds is 5. The number of nitrogens with one attached hydrogen (secondary N) is 1. The number of ether oxygens (including phenoxy) is 2. The Balaban J connectivity index is 1.78. The maximum atomic E-state index is 11.9. The van der Waals surface area contributed by atoms with E-state index in [4.69, 9.17) is 21.1 Å². The molecule has 1 fully saturated rings. The molecule has 1 amide bonds. The van der Waals surface area contributed by atoms with E-state index in [0.29, 0.717) is 17.3 Å². The fourth-order valence-corrected chi connectivity index (χ4v) is 2.14. The number of halogens is 1. The SMILES string of the molecule is C[C@@H](Oc1cccc(Cl)c1)C(=O)NC[C@H]1CCCO1. The topological polar surface area (TPSA) is 47.6 Å². The first-order valence-corrected chi connectivity index (χ1v) is 6.84. The zero-order chi connectivity index (χ0) is 13.7. The summed E-state index contributed by atoms with van der Waals surface area (Å²) in [5.74, 6) is 0.447. The van der Waals surface area contributed by atoms with Crippen molar-refractivity contribution in [3.63, 3.8) is 0 Å². The fourth-order valence-electron chi connectivity index (χ4n) is 1.96. The first-order chi connectivity index (χ1) is 9.15. The van der Waals surface area contributed by atoms with Crippen LogP contribution in [0.2, 0.25) is 5.02 Å². The number of benzene rings is 1. The van der Waals surface area contributed by atoms with Crippen LogP contribution in [0.3, 0.4) is 0 Å². The van der Waals surface area contributed by atoms with Gasteiger partial charge in [0.25, 0.3) is 5.91 Å². The van der Waals surface area contributed by atoms with Crippen molar-refractivity contribution >= 4 is 17.5 Å². The highest BCUT2D eigenvalue weighted by molar-refractivity contribution is 6.30. The highest BCUT2D eigenvalue weighted by atomic mass is 35.5. The molecule has 1 aromatic carbocycles. The molecule has 0 spiro atoms. The Morgan fingerprint density at radius 2 is 2.47 bits per heavy atom. The van der Waals surface area contributed by atoms with Gasteiger partial charge in [-0.3, -0.25) is 4.79 Å². The second-order valence-corrected chi connectivity index (χ2v) is 5.03. The minimum atomic E-state index is -0.556. The highest BCUT2D eigenvalue weighted by Gasteiger charge is 2.19. The minimum absolute atomic E-state index is 0.141. The van der Waals surface area contributed by atoms with Gasteiger partial charge in [0.1, 0.15) is 5.75 Å². The summed E-state index contributed by atoms with van der Waals surface area (Å²) in [5, 5.41) is 3.42. The van der Waals surface area contributed by atoms with Crippen LogP contribution in [0.1, 0.15) is 19.8 Å². The lowest BCUT2D eigenvalue weighted by Crippen LogP contribution is -2.40. The Bertz CT molecular complexity index is 432. The summed E-state index contributed by atoms with van der Waals surface area (Å²) < 4.78 is 11.0. The first-order valence-electron chi connectivity index (χ1n) is 6.46. The average Bonchev–Trinajstić information content (AvgIpc) is 2.89. The van der Waals surface area contributed by atoms with Gasteiger partial charge in [-0.25, -0.2) is 0 Å². The molecule has 0 aromatic heterocycles. The van der Waals surface area contributed by atoms with E-state index in [0.717, 1.165) is 19.4 Å². The molecule has 1 heterocycles. The highest BCUT2D eigenvalue weighted by Crippen LogP contribution is 2.18. The van der Waals surface area contributed by atoms with E-state index in [1.807, 2.05) is 0 Å². The summed E-state index contributed by atoms with van der Waals surface area (Å²) in [6, 6.07) is 7.01. The Kier molecular flexibility index (Phi) is 5.05. The summed E-state index contributed by atoms with van der Waals surface area (Å²) in [4.78, 5) is 11.9. The van der Waals surface area contributed by atoms with Gasteiger partial charge < -0.3 is 14.8 Å². The van der Waals surface area contributed by atoms with Gasteiger partial charge in [-0.1, -0.05) is 17.7 Å². The number of hydrogen-bond acceptors (Lipinski definition) is 3. The van der Waals surface area contributed by atoms with Crippen LogP contribution < -0.4 is 10.1 Å². The third-order valence-corrected chi connectivity index (χ3v) is 3.24. The van der Waals surface area contributed by atoms with Crippen molar-refractivity contribution in [2.75, 3.05) is 13.2 Å². The van der Waals surface area contributed by atoms with Gasteiger partial charge in [0.2, 0.25) is 0 Å². The Morgan fingerprint density at radius 3 is 3.16 bits per heavy atom. The Hall–Kier alpha value is -1.26. The Morgan fingerprint density at radius 1 is 1.63 bits per heavy atom. The lowest BCUT2D eigenvalue weighted by atomic mass is 10.2. The lowest BCUT2D eigenvalue weighted by molar-refractivity contribution is -0.127. The molecule has 1 aromatic rings. The van der Waals surface area contributed by atoms with E-state index in [1.165, 1.54) is 0 Å². The lowest BCUT2D eigenvalue weighted by Gasteiger charge is -2.16. The number of carbonyl (C=O) groups excluding carboxylic acids is 1. The maximum Gasteiger partial charge on any atom is 0.260 e. The minimum Gasteiger partial charge on any atom is -0.481 e. The molecule has 2 rings (SSSR count). The molecule has 19 heavy (non-hydrogen) atoms. The monoisotopic (exact) mass is 283 g/mol. The van der Waals surface area contributed by atoms with Crippen molar-refractivity contribution in [3.05, 3.63) is 29.3 Å². The molecular formula is C14H18ClNO3. The molecule has 104 valence electrons. The number of amides is 1. The molecule has 0 unspecified atom stereocenters. The molecule has 2 atom stereocenters. The van der Waals surface area contributed by atoms with Gasteiger partial charge in [0.15, 0.2) is 6.10 Å². The quantitative estimate of drug-likeness (QED) is 0.903. The maximum absolute atomic E-state index is 11.9. The van der Waals surface area contributed by atoms with Gasteiger partial charge in [-0.05, 0) is 38.0 Å². The molecule has 0 aliphatic carbocycles. The van der Waals surface area contributed by atoms with E-state index in [2.05, 4.69) is 5.32 Å². The van der Waals surface area contributed by atoms with Gasteiger partial charge in [-0.15, -0.1) is 0 Å². The van der Waals surface area contributed by atoms with Gasteiger partial charge in [0, 0.05) is 18.2 Å². The molecule has 1 saturated heterocycles. The standard InChI is InChI=1S/C14H18ClNO3/c1-10(19-12-5-2-4-11(15)8-12)14(17)16-9-13-6-3-7-18-13/h2,4-5,8,10,13H,3,6-7,9H2,1H3,(H,16,17)/t10-,13-/m1/s1. The van der Waals surface area contributed by atoms with Crippen LogP contribution in [0, 0.1) is 0 Å². The van der Waals surface area contributed by atoms with E-state index < -0.39 is 6.10 Å². The van der Waals surface area contributed by atoms with Crippen molar-refractivity contribution in [2.45, 2.75) is 32.0 Å². The molecule has 0 bridgehead atoms. The van der Waals surface area contributed by atoms with Crippen LogP contribution in [0.15, 0.2) is 24.3 Å². The molecule has 1 aliphatic heterocycles. The zero-order valence-corrected chi connectivity index (χ0v) is 11.7. The van der Waals surface area contributed by atoms with Crippen molar-refractivity contribution in [2.24, 2.45) is 0 Å². The summed E-state index contributed by atoms with van der Waals surface area (Å²) >= 11 is 5.86. The smallest absolute Gasteiger partial charge is 0.260 e. The molecule has 0 saturated carbocycles. The van der Waals surface area contributed by atoms with Crippen LogP contribution in [0.4, 0.5) is 0 Å². The van der Waals surface area contributed by atoms with Gasteiger partial charge >= 0.3 is 0 Å². The van der Waals surface area contributed by atoms with Crippen LogP contribution in [-0.4, -0.2) is 31.3 Å². The Labute approximate surface area is 118 Å². The van der Waals surface area contributed by atoms with E-state index in [-0.39, 0.29) is 12.0 Å². The van der Waals surface area contributed by atoms with Crippen molar-refractivity contribution in [1.29, 1.82) is 0 Å². The number of hydrogen-bond donors (Lipinski definition) is 1. The van der Waals surface area contributed by atoms with Crippen molar-refractivity contribution in [1.82, 2.24) is 5.32 Å². The predicted molar refractivity (Wildman–Crippen MR) is 73.5 cm³/mol. The second-order valence-electron chi connectivity index (χ2n) is 4.60. The van der Waals surface area contributed by atoms with E-state index in [1.54, 1.807) is 31.2 Å². The third kappa shape index (κ3) is 4.40. The van der Waals surface area contributed by atoms with Crippen molar-refractivity contribution < 1.29 is 14.3 Å². The molecule has 4 nitrogen and oxygen atoms in total. The summed E-state index contributed by atoms with van der Waals surface area (Å²) in [5.41, 5.74) is 0. The molecule has 5 heteroatoms. The predicted octanol–water partition coefficient (Wildman–Crippen LogP) is 2.40. The summed E-state index contributed by atoms with van der Waals surface area (Å²) in [7, 11) is 0. The first kappa shape index (κ1) is 14.2. The molecule has 1 N–H and O–H groups in total. The summed E-state index contributed by atoms with van der Waals surface area (Å²) in [6.45, 7) is 3.04. The van der Waals surface area contributed by atoms with E-state index in [9.17, 15) is 4.79 Å². The summed E-state index contributed by atoms with van der Waals surface area (Å²) in [6.07, 6.45) is 1.65. The average molecular weight is 284 g/mol. The zero-order valence-electron chi connectivity index (χ0n) is 10.9. The van der Waals surface area contributed by atoms with E-state index >= 15 is 0 Å². The third-order valence-electron chi connectivity index (χ3n) is 3.01. The van der Waals surface area contributed by atoms with Gasteiger partial charge in [-0.2, -0.15) is 0 Å². The normalized spacial score (nSPS) is 20.0. The second kappa shape index (κ2) is 6.78. The number of carbonyl (C=O) groups is 1. The van der Waals surface area contributed by atoms with Crippen LogP contribution in [-0.2, 0) is 9.53 Å². The molecule has 1 aliphatic rings. The van der Waals surface area contributed by atoms with Crippen LogP contribution in [0.5, 0.6) is 5.75 Å². The largest absolute Gasteiger partial charge is 0.481 e. The fraction of sp³-hybridized carbons (Fsp3) is 0.500. The van der Waals surface area contributed by atoms with Crippen molar-refractivity contribution in [3.8, 4) is 5.75 Å². The molecular weight excluding hydrogens is 266 g/mol. The van der Waals surface area contributed by atoms with Crippen LogP contribution >= 0.6 is 11.6 Å². The van der Waals surface area contributed by atoms with Crippen LogP contribution in [0.25, 0.3) is 0 Å². The molecule has 0 radical (unpaired) electrons. The van der Waals surface area contributed by atoms with Gasteiger partial charge in [0.05, 0.1) is 6.10 Å².